The summed E-state index contributed by atoms with van der Waals surface area (Å²) >= 11 is 0. The Hall–Kier alpha value is -1.29. The summed E-state index contributed by atoms with van der Waals surface area (Å²) in [5.74, 6) is -0.321. The molecule has 0 aliphatic carbocycles. The Kier molecular flexibility index (Phi) is 4.07. The van der Waals surface area contributed by atoms with Crippen LogP contribution in [0, 0.1) is 5.82 Å². The molecule has 1 aliphatic heterocycles. The summed E-state index contributed by atoms with van der Waals surface area (Å²) < 4.78 is 13.5. The van der Waals surface area contributed by atoms with Crippen LogP contribution < -0.4 is 10.6 Å². The molecule has 0 radical (unpaired) electrons. The molecule has 0 bridgehead atoms. The summed E-state index contributed by atoms with van der Waals surface area (Å²) in [4.78, 5) is 4.65. The lowest BCUT2D eigenvalue weighted by atomic mass is 10.2. The van der Waals surface area contributed by atoms with Crippen molar-refractivity contribution in [1.82, 2.24) is 4.90 Å². The fourth-order valence-corrected chi connectivity index (χ4v) is 2.80. The number of rotatable bonds is 4. The van der Waals surface area contributed by atoms with Crippen molar-refractivity contribution in [3.05, 3.63) is 24.0 Å². The fourth-order valence-electron chi connectivity index (χ4n) is 2.80. The summed E-state index contributed by atoms with van der Waals surface area (Å²) in [5, 5.41) is 0. The van der Waals surface area contributed by atoms with Gasteiger partial charge < -0.3 is 10.6 Å². The molecule has 2 N–H and O–H groups in total. The van der Waals surface area contributed by atoms with Crippen LogP contribution in [0.3, 0.4) is 0 Å². The molecule has 1 aromatic carbocycles. The number of nitrogens with two attached hydrogens (primary N) is 1. The Morgan fingerprint density at radius 3 is 2.78 bits per heavy atom. The standard InChI is InChI=1S/C14H22FN3/c1-3-17(4-2)11-8-9-18(10-11)13-7-5-6-12(15)14(13)16/h5-7,11H,3-4,8-10,16H2,1-2H3. The highest BCUT2D eigenvalue weighted by Gasteiger charge is 2.27. The van der Waals surface area contributed by atoms with E-state index in [1.807, 2.05) is 6.07 Å². The first-order valence-corrected chi connectivity index (χ1v) is 6.70. The molecule has 3 nitrogen and oxygen atoms in total. The average molecular weight is 251 g/mol. The zero-order valence-electron chi connectivity index (χ0n) is 11.2. The SMILES string of the molecule is CCN(CC)C1CCN(c2cccc(F)c2N)C1. The molecule has 1 fully saturated rings. The zero-order chi connectivity index (χ0) is 13.1. The first kappa shape index (κ1) is 13.1. The van der Waals surface area contributed by atoms with Crippen molar-refractivity contribution in [2.24, 2.45) is 0 Å². The Balaban J connectivity index is 2.11. The van der Waals surface area contributed by atoms with Gasteiger partial charge in [0.05, 0.1) is 11.4 Å². The summed E-state index contributed by atoms with van der Waals surface area (Å²) in [6.45, 7) is 8.39. The third-order valence-electron chi connectivity index (χ3n) is 3.86. The van der Waals surface area contributed by atoms with E-state index < -0.39 is 0 Å². The first-order valence-electron chi connectivity index (χ1n) is 6.70. The highest BCUT2D eigenvalue weighted by atomic mass is 19.1. The summed E-state index contributed by atoms with van der Waals surface area (Å²) in [6.07, 6.45) is 1.12. The van der Waals surface area contributed by atoms with Crippen LogP contribution in [-0.2, 0) is 0 Å². The lowest BCUT2D eigenvalue weighted by Gasteiger charge is -2.27. The van der Waals surface area contributed by atoms with Gasteiger partial charge in [0.2, 0.25) is 0 Å². The van der Waals surface area contributed by atoms with E-state index in [1.165, 1.54) is 6.07 Å². The normalized spacial score (nSPS) is 19.8. The summed E-state index contributed by atoms with van der Waals surface area (Å²) in [5.41, 5.74) is 6.93. The molecule has 1 saturated heterocycles. The lowest BCUT2D eigenvalue weighted by molar-refractivity contribution is 0.232. The number of likely N-dealkylation sites (N-methyl/N-ethyl adjacent to an activating group) is 1. The van der Waals surface area contributed by atoms with Crippen LogP contribution in [0.15, 0.2) is 18.2 Å². The molecule has 1 aromatic rings. The van der Waals surface area contributed by atoms with E-state index >= 15 is 0 Å². The van der Waals surface area contributed by atoms with Gasteiger partial charge in [0.1, 0.15) is 5.82 Å². The van der Waals surface area contributed by atoms with Gasteiger partial charge in [-0.1, -0.05) is 19.9 Å². The van der Waals surface area contributed by atoms with E-state index in [-0.39, 0.29) is 11.5 Å². The minimum absolute atomic E-state index is 0.276. The zero-order valence-corrected chi connectivity index (χ0v) is 11.2. The number of halogens is 1. The molecular weight excluding hydrogens is 229 g/mol. The van der Waals surface area contributed by atoms with E-state index in [9.17, 15) is 4.39 Å². The lowest BCUT2D eigenvalue weighted by Crippen LogP contribution is -2.37. The van der Waals surface area contributed by atoms with Crippen LogP contribution in [-0.4, -0.2) is 37.1 Å². The molecule has 0 amide bonds. The van der Waals surface area contributed by atoms with Crippen LogP contribution in [0.5, 0.6) is 0 Å². The van der Waals surface area contributed by atoms with Crippen LogP contribution in [0.4, 0.5) is 15.8 Å². The van der Waals surface area contributed by atoms with Crippen molar-refractivity contribution in [3.63, 3.8) is 0 Å². The molecule has 1 unspecified atom stereocenters. The second kappa shape index (κ2) is 5.57. The number of nitrogen functional groups attached to an aromatic ring is 1. The fraction of sp³-hybridized carbons (Fsp3) is 0.571. The maximum atomic E-state index is 13.5. The third kappa shape index (κ3) is 2.43. The van der Waals surface area contributed by atoms with Crippen molar-refractivity contribution < 1.29 is 4.39 Å². The number of hydrogen-bond donors (Lipinski definition) is 1. The quantitative estimate of drug-likeness (QED) is 0.834. The van der Waals surface area contributed by atoms with Gasteiger partial charge in [-0.3, -0.25) is 4.90 Å². The Bertz CT molecular complexity index is 404. The van der Waals surface area contributed by atoms with E-state index in [2.05, 4.69) is 23.6 Å². The van der Waals surface area contributed by atoms with Crippen molar-refractivity contribution in [3.8, 4) is 0 Å². The van der Waals surface area contributed by atoms with Gasteiger partial charge in [0.25, 0.3) is 0 Å². The minimum Gasteiger partial charge on any atom is -0.395 e. The van der Waals surface area contributed by atoms with Crippen molar-refractivity contribution in [1.29, 1.82) is 0 Å². The largest absolute Gasteiger partial charge is 0.395 e. The van der Waals surface area contributed by atoms with Gasteiger partial charge >= 0.3 is 0 Å². The van der Waals surface area contributed by atoms with Gasteiger partial charge in [0.15, 0.2) is 0 Å². The maximum Gasteiger partial charge on any atom is 0.148 e. The molecule has 0 saturated carbocycles. The topological polar surface area (TPSA) is 32.5 Å². The van der Waals surface area contributed by atoms with Crippen LogP contribution in [0.25, 0.3) is 0 Å². The molecule has 0 aromatic heterocycles. The average Bonchev–Trinajstić information content (AvgIpc) is 2.84. The Labute approximate surface area is 108 Å². The molecule has 0 spiro atoms. The summed E-state index contributed by atoms with van der Waals surface area (Å²) in [6, 6.07) is 5.61. The number of benzene rings is 1. The number of para-hydroxylation sites is 1. The maximum absolute atomic E-state index is 13.5. The Morgan fingerprint density at radius 1 is 1.39 bits per heavy atom. The van der Waals surface area contributed by atoms with Crippen molar-refractivity contribution >= 4 is 11.4 Å². The van der Waals surface area contributed by atoms with Gasteiger partial charge in [-0.2, -0.15) is 0 Å². The van der Waals surface area contributed by atoms with Crippen molar-refractivity contribution in [2.45, 2.75) is 26.3 Å². The number of nitrogens with zero attached hydrogens (tertiary/aromatic N) is 2. The molecular formula is C14H22FN3. The minimum atomic E-state index is -0.321. The number of anilines is 2. The Morgan fingerprint density at radius 2 is 2.11 bits per heavy atom. The van der Waals surface area contributed by atoms with Gasteiger partial charge in [-0.05, 0) is 31.6 Å². The highest BCUT2D eigenvalue weighted by Crippen LogP contribution is 2.29. The highest BCUT2D eigenvalue weighted by molar-refractivity contribution is 5.68. The first-order chi connectivity index (χ1) is 8.67. The summed E-state index contributed by atoms with van der Waals surface area (Å²) in [7, 11) is 0. The van der Waals surface area contributed by atoms with E-state index in [4.69, 9.17) is 5.73 Å². The predicted molar refractivity (Wildman–Crippen MR) is 74.4 cm³/mol. The second-order valence-electron chi connectivity index (χ2n) is 4.78. The van der Waals surface area contributed by atoms with Gasteiger partial charge in [0, 0.05) is 19.1 Å². The molecule has 1 aliphatic rings. The van der Waals surface area contributed by atoms with Gasteiger partial charge in [-0.25, -0.2) is 4.39 Å². The van der Waals surface area contributed by atoms with Gasteiger partial charge in [-0.15, -0.1) is 0 Å². The van der Waals surface area contributed by atoms with Crippen molar-refractivity contribution in [2.75, 3.05) is 36.8 Å². The monoisotopic (exact) mass is 251 g/mol. The molecule has 1 heterocycles. The van der Waals surface area contributed by atoms with Crippen LogP contribution in [0.2, 0.25) is 0 Å². The predicted octanol–water partition coefficient (Wildman–Crippen LogP) is 2.33. The molecule has 18 heavy (non-hydrogen) atoms. The van der Waals surface area contributed by atoms with Crippen LogP contribution in [0.1, 0.15) is 20.3 Å². The molecule has 100 valence electrons. The third-order valence-corrected chi connectivity index (χ3v) is 3.86. The molecule has 4 heteroatoms. The van der Waals surface area contributed by atoms with E-state index in [0.29, 0.717) is 6.04 Å². The molecule has 1 atom stereocenters. The molecule has 2 rings (SSSR count). The smallest absolute Gasteiger partial charge is 0.148 e. The van der Waals surface area contributed by atoms with E-state index in [1.54, 1.807) is 6.07 Å². The van der Waals surface area contributed by atoms with Crippen LogP contribution >= 0.6 is 0 Å². The number of hydrogen-bond acceptors (Lipinski definition) is 3. The second-order valence-corrected chi connectivity index (χ2v) is 4.78. The van der Waals surface area contributed by atoms with E-state index in [0.717, 1.165) is 38.3 Å².